The molecule has 1 aromatic carbocycles. The van der Waals surface area contributed by atoms with Crippen LogP contribution in [0.1, 0.15) is 0 Å². The molecule has 3 rings (SSSR count). The van der Waals surface area contributed by atoms with Gasteiger partial charge in [0.2, 0.25) is 0 Å². The van der Waals surface area contributed by atoms with Gasteiger partial charge in [-0.25, -0.2) is 18.4 Å². The van der Waals surface area contributed by atoms with E-state index in [4.69, 9.17) is 5.73 Å². The summed E-state index contributed by atoms with van der Waals surface area (Å²) in [5, 5.41) is 4.17. The largest absolute Gasteiger partial charge is 0.396 e. The molecule has 0 saturated carbocycles. The van der Waals surface area contributed by atoms with Crippen LogP contribution in [0.5, 0.6) is 0 Å². The molecule has 2 heterocycles. The van der Waals surface area contributed by atoms with Crippen LogP contribution >= 0.6 is 0 Å². The minimum atomic E-state index is -0.967. The number of anilines is 1. The Morgan fingerprint density at radius 1 is 1.05 bits per heavy atom. The number of rotatable bonds is 2. The fourth-order valence-electron chi connectivity index (χ4n) is 1.89. The molecule has 0 amide bonds. The molecule has 2 N–H and O–H groups in total. The first-order valence-electron chi connectivity index (χ1n) is 5.88. The molecule has 0 aliphatic heterocycles. The van der Waals surface area contributed by atoms with Crippen LogP contribution in [-0.2, 0) is 0 Å². The Morgan fingerprint density at radius 2 is 1.90 bits per heavy atom. The van der Waals surface area contributed by atoms with Crippen molar-refractivity contribution >= 4 is 5.69 Å². The Kier molecular flexibility index (Phi) is 2.90. The number of pyridine rings is 1. The Hall–Kier alpha value is -2.76. The Bertz CT molecular complexity index is 753. The Balaban J connectivity index is 2.12. The van der Waals surface area contributed by atoms with Gasteiger partial charge in [-0.05, 0) is 24.3 Å². The summed E-state index contributed by atoms with van der Waals surface area (Å²) in [6, 6.07) is 9.18. The molecule has 0 aliphatic carbocycles. The van der Waals surface area contributed by atoms with Gasteiger partial charge in [-0.3, -0.25) is 0 Å². The average molecular weight is 272 g/mol. The zero-order valence-electron chi connectivity index (χ0n) is 10.3. The van der Waals surface area contributed by atoms with Crippen molar-refractivity contribution < 1.29 is 8.78 Å². The van der Waals surface area contributed by atoms with Crippen molar-refractivity contribution in [3.05, 3.63) is 60.4 Å². The lowest BCUT2D eigenvalue weighted by Gasteiger charge is -2.01. The van der Waals surface area contributed by atoms with Crippen LogP contribution in [0.3, 0.4) is 0 Å². The molecular formula is C14H10F2N4. The molecule has 0 radical (unpaired) electrons. The maximum absolute atomic E-state index is 13.8. The molecule has 4 nitrogen and oxygen atoms in total. The molecule has 0 atom stereocenters. The lowest BCUT2D eigenvalue weighted by Crippen LogP contribution is -1.98. The zero-order chi connectivity index (χ0) is 14.1. The molecule has 100 valence electrons. The first-order valence-corrected chi connectivity index (χ1v) is 5.88. The number of hydrogen-bond acceptors (Lipinski definition) is 3. The number of nitrogens with two attached hydrogens (primary N) is 1. The smallest absolute Gasteiger partial charge is 0.168 e. The van der Waals surface area contributed by atoms with Crippen LogP contribution in [0.4, 0.5) is 14.5 Å². The summed E-state index contributed by atoms with van der Waals surface area (Å²) >= 11 is 0. The Morgan fingerprint density at radius 3 is 2.65 bits per heavy atom. The van der Waals surface area contributed by atoms with Gasteiger partial charge in [0, 0.05) is 11.8 Å². The normalized spacial score (nSPS) is 10.7. The summed E-state index contributed by atoms with van der Waals surface area (Å²) in [5.41, 5.74) is 6.29. The van der Waals surface area contributed by atoms with Crippen LogP contribution in [0, 0.1) is 11.6 Å². The van der Waals surface area contributed by atoms with E-state index in [1.54, 1.807) is 24.4 Å². The van der Waals surface area contributed by atoms with Crippen molar-refractivity contribution in [2.75, 3.05) is 5.73 Å². The van der Waals surface area contributed by atoms with E-state index in [1.807, 2.05) is 0 Å². The third kappa shape index (κ3) is 2.01. The van der Waals surface area contributed by atoms with Gasteiger partial charge < -0.3 is 5.73 Å². The minimum absolute atomic E-state index is 0.0252. The quantitative estimate of drug-likeness (QED) is 0.780. The number of nitrogen functional groups attached to an aromatic ring is 1. The predicted molar refractivity (Wildman–Crippen MR) is 71.1 cm³/mol. The molecule has 0 saturated heterocycles. The fraction of sp³-hybridized carbons (Fsp3) is 0. The van der Waals surface area contributed by atoms with E-state index in [0.29, 0.717) is 5.82 Å². The maximum Gasteiger partial charge on any atom is 0.168 e. The van der Waals surface area contributed by atoms with E-state index < -0.39 is 11.6 Å². The molecule has 0 aliphatic rings. The first-order chi connectivity index (χ1) is 9.66. The number of aromatic nitrogens is 3. The molecule has 0 bridgehead atoms. The predicted octanol–water partition coefficient (Wildman–Crippen LogP) is 2.79. The number of halogens is 2. The van der Waals surface area contributed by atoms with Gasteiger partial charge in [-0.1, -0.05) is 12.1 Å². The highest BCUT2D eigenvalue weighted by Gasteiger charge is 2.16. The second-order valence-corrected chi connectivity index (χ2v) is 4.17. The lowest BCUT2D eigenvalue weighted by molar-refractivity contribution is 0.511. The van der Waals surface area contributed by atoms with Crippen molar-refractivity contribution in [2.24, 2.45) is 0 Å². The van der Waals surface area contributed by atoms with Crippen molar-refractivity contribution in [3.8, 4) is 17.1 Å². The van der Waals surface area contributed by atoms with Gasteiger partial charge in [0.1, 0.15) is 5.69 Å². The maximum atomic E-state index is 13.8. The van der Waals surface area contributed by atoms with E-state index >= 15 is 0 Å². The van der Waals surface area contributed by atoms with E-state index in [-0.39, 0.29) is 16.9 Å². The number of benzene rings is 1. The Labute approximate surface area is 113 Å². The van der Waals surface area contributed by atoms with Gasteiger partial charge >= 0.3 is 0 Å². The van der Waals surface area contributed by atoms with Gasteiger partial charge in [-0.15, -0.1) is 0 Å². The van der Waals surface area contributed by atoms with Crippen molar-refractivity contribution in [1.82, 2.24) is 14.8 Å². The van der Waals surface area contributed by atoms with E-state index in [9.17, 15) is 8.78 Å². The van der Waals surface area contributed by atoms with E-state index in [2.05, 4.69) is 10.1 Å². The molecule has 0 spiro atoms. The molecule has 2 aromatic heterocycles. The zero-order valence-corrected chi connectivity index (χ0v) is 10.3. The topological polar surface area (TPSA) is 56.7 Å². The van der Waals surface area contributed by atoms with Crippen LogP contribution in [0.15, 0.2) is 48.8 Å². The third-order valence-electron chi connectivity index (χ3n) is 2.83. The lowest BCUT2D eigenvalue weighted by atomic mass is 10.1. The van der Waals surface area contributed by atoms with Gasteiger partial charge in [0.15, 0.2) is 17.5 Å². The molecule has 3 aromatic rings. The SMILES string of the molecule is Nc1cn(-c2ccccn2)nc1-c1cccc(F)c1F. The van der Waals surface area contributed by atoms with Crippen molar-refractivity contribution in [2.45, 2.75) is 0 Å². The number of nitrogens with zero attached hydrogens (tertiary/aromatic N) is 3. The van der Waals surface area contributed by atoms with Crippen LogP contribution in [0.25, 0.3) is 17.1 Å². The molecule has 0 fully saturated rings. The summed E-state index contributed by atoms with van der Waals surface area (Å²) in [5.74, 6) is -1.36. The van der Waals surface area contributed by atoms with E-state index in [0.717, 1.165) is 6.07 Å². The second-order valence-electron chi connectivity index (χ2n) is 4.17. The van der Waals surface area contributed by atoms with E-state index in [1.165, 1.54) is 23.0 Å². The third-order valence-corrected chi connectivity index (χ3v) is 2.83. The summed E-state index contributed by atoms with van der Waals surface area (Å²) < 4.78 is 28.5. The monoisotopic (exact) mass is 272 g/mol. The molecule has 20 heavy (non-hydrogen) atoms. The summed E-state index contributed by atoms with van der Waals surface area (Å²) in [6.45, 7) is 0. The summed E-state index contributed by atoms with van der Waals surface area (Å²) in [6.07, 6.45) is 3.12. The van der Waals surface area contributed by atoms with Crippen LogP contribution in [-0.4, -0.2) is 14.8 Å². The highest BCUT2D eigenvalue weighted by Crippen LogP contribution is 2.28. The van der Waals surface area contributed by atoms with Crippen molar-refractivity contribution in [1.29, 1.82) is 0 Å². The van der Waals surface area contributed by atoms with Crippen molar-refractivity contribution in [3.63, 3.8) is 0 Å². The first kappa shape index (κ1) is 12.3. The van der Waals surface area contributed by atoms with Crippen LogP contribution < -0.4 is 5.73 Å². The second kappa shape index (κ2) is 4.73. The molecule has 0 unspecified atom stereocenters. The molecular weight excluding hydrogens is 262 g/mol. The highest BCUT2D eigenvalue weighted by molar-refractivity contribution is 5.72. The standard InChI is InChI=1S/C14H10F2N4/c15-10-5-3-4-9(13(10)16)14-11(17)8-20(19-14)12-6-1-2-7-18-12/h1-8H,17H2. The molecule has 6 heteroatoms. The van der Waals surface area contributed by atoms with Crippen LogP contribution in [0.2, 0.25) is 0 Å². The van der Waals surface area contributed by atoms with Gasteiger partial charge in [0.25, 0.3) is 0 Å². The summed E-state index contributed by atoms with van der Waals surface area (Å²) in [7, 11) is 0. The fourth-order valence-corrected chi connectivity index (χ4v) is 1.89. The highest BCUT2D eigenvalue weighted by atomic mass is 19.2. The van der Waals surface area contributed by atoms with Gasteiger partial charge in [0.05, 0.1) is 11.9 Å². The minimum Gasteiger partial charge on any atom is -0.396 e. The van der Waals surface area contributed by atoms with Gasteiger partial charge in [-0.2, -0.15) is 5.10 Å². The summed E-state index contributed by atoms with van der Waals surface area (Å²) in [4.78, 5) is 4.11. The average Bonchev–Trinajstić information content (AvgIpc) is 2.85. The number of hydrogen-bond donors (Lipinski definition) is 1.